The van der Waals surface area contributed by atoms with E-state index in [0.717, 1.165) is 0 Å². The van der Waals surface area contributed by atoms with Crippen molar-refractivity contribution >= 4 is 27.8 Å². The fourth-order valence-corrected chi connectivity index (χ4v) is 1.40. The van der Waals surface area contributed by atoms with Crippen LogP contribution in [0.5, 0.6) is 0 Å². The van der Waals surface area contributed by atoms with Gasteiger partial charge >= 0.3 is 5.97 Å². The van der Waals surface area contributed by atoms with E-state index in [-0.39, 0.29) is 18.2 Å². The van der Waals surface area contributed by atoms with Crippen LogP contribution < -0.4 is 0 Å². The van der Waals surface area contributed by atoms with Crippen molar-refractivity contribution in [1.82, 2.24) is 4.90 Å². The maximum atomic E-state index is 11.7. The molecule has 0 fully saturated rings. The van der Waals surface area contributed by atoms with Crippen LogP contribution in [0.1, 0.15) is 17.5 Å². The second kappa shape index (κ2) is 5.69. The van der Waals surface area contributed by atoms with E-state index in [4.69, 9.17) is 9.15 Å². The summed E-state index contributed by atoms with van der Waals surface area (Å²) < 4.78 is 10.3. The van der Waals surface area contributed by atoms with Crippen LogP contribution in [0.4, 0.5) is 0 Å². The molecule has 0 spiro atoms. The molecule has 0 atom stereocenters. The maximum Gasteiger partial charge on any atom is 0.325 e. The van der Waals surface area contributed by atoms with Gasteiger partial charge in [-0.3, -0.25) is 9.59 Å². The van der Waals surface area contributed by atoms with E-state index in [0.29, 0.717) is 11.3 Å². The van der Waals surface area contributed by atoms with Gasteiger partial charge in [0, 0.05) is 7.05 Å². The van der Waals surface area contributed by atoms with Crippen molar-refractivity contribution in [2.24, 2.45) is 0 Å². The minimum Gasteiger partial charge on any atom is -0.465 e. The number of ether oxygens (including phenoxy) is 1. The minimum absolute atomic E-state index is 0.0923. The Bertz CT molecular complexity index is 388. The normalized spacial score (nSPS) is 9.94. The van der Waals surface area contributed by atoms with Crippen LogP contribution in [0.2, 0.25) is 0 Å². The fraction of sp³-hybridized carbons (Fsp3) is 0.400. The zero-order chi connectivity index (χ0) is 12.1. The molecule has 0 N–H and O–H groups in total. The number of hydrogen-bond donors (Lipinski definition) is 0. The van der Waals surface area contributed by atoms with E-state index in [1.165, 1.54) is 18.0 Å². The summed E-state index contributed by atoms with van der Waals surface area (Å²) in [5.74, 6) is -0.624. The molecular formula is C10H12BrNO4. The number of furan rings is 1. The van der Waals surface area contributed by atoms with Gasteiger partial charge in [0.1, 0.15) is 6.54 Å². The van der Waals surface area contributed by atoms with E-state index >= 15 is 0 Å². The molecule has 0 saturated carbocycles. The van der Waals surface area contributed by atoms with E-state index in [2.05, 4.69) is 15.9 Å². The minimum atomic E-state index is -0.441. The highest BCUT2D eigenvalue weighted by Crippen LogP contribution is 2.15. The van der Waals surface area contributed by atoms with Crippen molar-refractivity contribution in [1.29, 1.82) is 0 Å². The number of carbonyl (C=O) groups excluding carboxylic acids is 2. The quantitative estimate of drug-likeness (QED) is 0.792. The van der Waals surface area contributed by atoms with Gasteiger partial charge in [-0.05, 0) is 35.0 Å². The first-order valence-electron chi connectivity index (χ1n) is 4.71. The molecule has 0 unspecified atom stereocenters. The molecule has 0 aliphatic carbocycles. The van der Waals surface area contributed by atoms with E-state index in [1.807, 2.05) is 0 Å². The van der Waals surface area contributed by atoms with Crippen molar-refractivity contribution in [2.75, 3.05) is 20.2 Å². The first-order chi connectivity index (χ1) is 7.54. The van der Waals surface area contributed by atoms with E-state index in [9.17, 15) is 9.59 Å². The number of amides is 1. The van der Waals surface area contributed by atoms with Crippen LogP contribution in [-0.2, 0) is 9.53 Å². The Labute approximate surface area is 101 Å². The highest BCUT2D eigenvalue weighted by molar-refractivity contribution is 9.10. The molecule has 0 saturated heterocycles. The van der Waals surface area contributed by atoms with Crippen molar-refractivity contribution in [3.63, 3.8) is 0 Å². The third-order valence-electron chi connectivity index (χ3n) is 1.80. The molecule has 1 rings (SSSR count). The molecule has 5 nitrogen and oxygen atoms in total. The molecule has 0 radical (unpaired) electrons. The van der Waals surface area contributed by atoms with Crippen LogP contribution in [-0.4, -0.2) is 37.0 Å². The molecule has 0 aromatic carbocycles. The van der Waals surface area contributed by atoms with Crippen molar-refractivity contribution < 1.29 is 18.7 Å². The van der Waals surface area contributed by atoms with Crippen LogP contribution >= 0.6 is 15.9 Å². The van der Waals surface area contributed by atoms with Crippen molar-refractivity contribution in [3.8, 4) is 0 Å². The second-order valence-corrected chi connectivity index (χ2v) is 3.85. The largest absolute Gasteiger partial charge is 0.465 e. The number of likely N-dealkylation sites (N-methyl/N-ethyl adjacent to an activating group) is 1. The Morgan fingerprint density at radius 2 is 2.19 bits per heavy atom. The standard InChI is InChI=1S/C10H12BrNO4/c1-3-15-9(13)6-12(2)10(14)7-4-5-8(11)16-7/h4-5H,3,6H2,1-2H3. The molecule has 1 aromatic rings. The second-order valence-electron chi connectivity index (χ2n) is 3.07. The van der Waals surface area contributed by atoms with Gasteiger partial charge in [-0.15, -0.1) is 0 Å². The molecule has 88 valence electrons. The van der Waals surface area contributed by atoms with Gasteiger partial charge in [-0.2, -0.15) is 0 Å². The Morgan fingerprint density at radius 3 is 2.69 bits per heavy atom. The van der Waals surface area contributed by atoms with Gasteiger partial charge in [0.15, 0.2) is 10.4 Å². The van der Waals surface area contributed by atoms with Gasteiger partial charge in [0.2, 0.25) is 0 Å². The zero-order valence-corrected chi connectivity index (χ0v) is 10.6. The lowest BCUT2D eigenvalue weighted by Gasteiger charge is -2.14. The summed E-state index contributed by atoms with van der Waals surface area (Å²) in [6.07, 6.45) is 0. The van der Waals surface area contributed by atoms with E-state index < -0.39 is 5.97 Å². The third kappa shape index (κ3) is 3.37. The van der Waals surface area contributed by atoms with E-state index in [1.54, 1.807) is 13.0 Å². The summed E-state index contributed by atoms with van der Waals surface area (Å²) in [5, 5.41) is 0. The van der Waals surface area contributed by atoms with Crippen LogP contribution in [0.15, 0.2) is 21.2 Å². The summed E-state index contributed by atoms with van der Waals surface area (Å²) in [7, 11) is 1.51. The summed E-state index contributed by atoms with van der Waals surface area (Å²) in [4.78, 5) is 24.1. The monoisotopic (exact) mass is 289 g/mol. The molecule has 1 heterocycles. The number of rotatable bonds is 4. The number of carbonyl (C=O) groups is 2. The molecule has 16 heavy (non-hydrogen) atoms. The average molecular weight is 290 g/mol. The summed E-state index contributed by atoms with van der Waals surface area (Å²) in [6, 6.07) is 3.15. The topological polar surface area (TPSA) is 59.8 Å². The van der Waals surface area contributed by atoms with Gasteiger partial charge in [0.05, 0.1) is 6.61 Å². The Morgan fingerprint density at radius 1 is 1.50 bits per heavy atom. The smallest absolute Gasteiger partial charge is 0.325 e. The van der Waals surface area contributed by atoms with Gasteiger partial charge in [-0.25, -0.2) is 0 Å². The van der Waals surface area contributed by atoms with Crippen LogP contribution in [0.25, 0.3) is 0 Å². The molecular weight excluding hydrogens is 278 g/mol. The predicted molar refractivity (Wildman–Crippen MR) is 60.0 cm³/mol. The highest BCUT2D eigenvalue weighted by atomic mass is 79.9. The average Bonchev–Trinajstić information content (AvgIpc) is 2.64. The molecule has 1 aromatic heterocycles. The number of halogens is 1. The Hall–Kier alpha value is -1.30. The first-order valence-corrected chi connectivity index (χ1v) is 5.50. The van der Waals surface area contributed by atoms with Crippen molar-refractivity contribution in [3.05, 3.63) is 22.6 Å². The van der Waals surface area contributed by atoms with Crippen LogP contribution in [0.3, 0.4) is 0 Å². The van der Waals surface area contributed by atoms with Gasteiger partial charge in [-0.1, -0.05) is 0 Å². The van der Waals surface area contributed by atoms with Crippen molar-refractivity contribution in [2.45, 2.75) is 6.92 Å². The lowest BCUT2D eigenvalue weighted by Crippen LogP contribution is -2.32. The molecule has 6 heteroatoms. The number of hydrogen-bond acceptors (Lipinski definition) is 4. The Kier molecular flexibility index (Phi) is 4.54. The number of nitrogens with zero attached hydrogens (tertiary/aromatic N) is 1. The highest BCUT2D eigenvalue weighted by Gasteiger charge is 2.18. The molecule has 0 aliphatic heterocycles. The Balaban J connectivity index is 2.57. The lowest BCUT2D eigenvalue weighted by molar-refractivity contribution is -0.143. The number of esters is 1. The lowest BCUT2D eigenvalue weighted by atomic mass is 10.4. The zero-order valence-electron chi connectivity index (χ0n) is 9.03. The summed E-state index contributed by atoms with van der Waals surface area (Å²) in [5.41, 5.74) is 0. The fourth-order valence-electron chi connectivity index (χ4n) is 1.09. The molecule has 0 aliphatic rings. The SMILES string of the molecule is CCOC(=O)CN(C)C(=O)c1ccc(Br)o1. The summed E-state index contributed by atoms with van der Waals surface area (Å²) >= 11 is 3.10. The van der Waals surface area contributed by atoms with Crippen LogP contribution in [0, 0.1) is 0 Å². The first kappa shape index (κ1) is 12.8. The van der Waals surface area contributed by atoms with Gasteiger partial charge in [0.25, 0.3) is 5.91 Å². The molecule has 0 bridgehead atoms. The molecule has 1 amide bonds. The predicted octanol–water partition coefficient (Wildman–Crippen LogP) is 1.68. The third-order valence-corrected chi connectivity index (χ3v) is 2.23. The van der Waals surface area contributed by atoms with Gasteiger partial charge < -0.3 is 14.1 Å². The summed E-state index contributed by atoms with van der Waals surface area (Å²) in [6.45, 7) is 1.92. The maximum absolute atomic E-state index is 11.7.